The second-order valence-electron chi connectivity index (χ2n) is 9.81. The zero-order valence-electron chi connectivity index (χ0n) is 21.1. The number of phenols is 1. The number of fused-ring (bicyclic) bond motifs is 1. The molecule has 2 fully saturated rings. The third-order valence-corrected chi connectivity index (χ3v) is 7.31. The van der Waals surface area contributed by atoms with E-state index in [1.165, 1.54) is 48.3 Å². The van der Waals surface area contributed by atoms with E-state index in [2.05, 4.69) is 16.0 Å². The largest absolute Gasteiger partial charge is 0.507 e. The lowest BCUT2D eigenvalue weighted by molar-refractivity contribution is -0.142. The van der Waals surface area contributed by atoms with Crippen molar-refractivity contribution in [3.63, 3.8) is 0 Å². The van der Waals surface area contributed by atoms with Gasteiger partial charge in [0.25, 0.3) is 5.91 Å². The zero-order chi connectivity index (χ0) is 27.9. The number of ether oxygens (including phenoxy) is 1. The van der Waals surface area contributed by atoms with Gasteiger partial charge in [-0.3, -0.25) is 14.5 Å². The summed E-state index contributed by atoms with van der Waals surface area (Å²) in [4.78, 5) is 53.8. The fourth-order valence-corrected chi connectivity index (χ4v) is 5.06. The lowest BCUT2D eigenvalue weighted by Gasteiger charge is -2.31. The molecule has 1 aliphatic carbocycles. The van der Waals surface area contributed by atoms with Crippen LogP contribution in [0.5, 0.6) is 11.5 Å². The third kappa shape index (κ3) is 4.80. The Balaban J connectivity index is 1.39. The Morgan fingerprint density at radius 3 is 2.64 bits per heavy atom. The Kier molecular flexibility index (Phi) is 6.76. The van der Waals surface area contributed by atoms with Gasteiger partial charge in [0, 0.05) is 36.5 Å². The van der Waals surface area contributed by atoms with E-state index in [0.717, 1.165) is 12.8 Å². The number of hydrogen-bond donors (Lipinski definition) is 5. The summed E-state index contributed by atoms with van der Waals surface area (Å²) in [6, 6.07) is 6.16. The normalized spacial score (nSPS) is 22.5. The molecule has 0 spiro atoms. The second-order valence-corrected chi connectivity index (χ2v) is 9.81. The Hall–Kier alpha value is -4.39. The average Bonchev–Trinajstić information content (AvgIpc) is 3.73. The molecular formula is C26H28FN5O7. The van der Waals surface area contributed by atoms with Crippen molar-refractivity contribution in [1.82, 2.24) is 20.4 Å². The fourth-order valence-electron chi connectivity index (χ4n) is 5.06. The standard InChI is InChI=1S/C26H28FN5O7/c1-28-24(37)29-17-5-6-18(20(34)9-17)26(13-33)23(36)32(25(38)30-26)11-22(35)31-10-15-8-16(27)4-7-21(15)39-12-19(31)14-2-3-14/h4-9,14,19,33-34H,2-3,10-13H2,1H3,(H,30,38)(H2,28,29,37)/t19-,26?/m0/s1. The van der Waals surface area contributed by atoms with E-state index in [0.29, 0.717) is 16.2 Å². The number of halogens is 1. The van der Waals surface area contributed by atoms with Crippen LogP contribution in [0, 0.1) is 11.7 Å². The Bertz CT molecular complexity index is 1350. The van der Waals surface area contributed by atoms with E-state index in [1.54, 1.807) is 0 Å². The number of aliphatic hydroxyl groups is 1. The number of amides is 6. The van der Waals surface area contributed by atoms with Crippen molar-refractivity contribution in [2.75, 3.05) is 32.1 Å². The number of aromatic hydroxyl groups is 1. The Morgan fingerprint density at radius 2 is 1.97 bits per heavy atom. The first-order valence-electron chi connectivity index (χ1n) is 12.4. The van der Waals surface area contributed by atoms with Crippen LogP contribution >= 0.6 is 0 Å². The molecule has 0 radical (unpaired) electrons. The molecule has 2 aromatic carbocycles. The number of rotatable bonds is 6. The predicted molar refractivity (Wildman–Crippen MR) is 134 cm³/mol. The molecule has 0 aromatic heterocycles. The van der Waals surface area contributed by atoms with Crippen LogP contribution in [0.1, 0.15) is 24.0 Å². The number of aliphatic hydroxyl groups excluding tert-OH is 1. The first kappa shape index (κ1) is 26.2. The first-order chi connectivity index (χ1) is 18.7. The molecule has 2 heterocycles. The fraction of sp³-hybridized carbons (Fsp3) is 0.385. The third-order valence-electron chi connectivity index (χ3n) is 7.31. The number of urea groups is 2. The second kappa shape index (κ2) is 10.1. The molecule has 206 valence electrons. The van der Waals surface area contributed by atoms with E-state index in [-0.39, 0.29) is 36.4 Å². The van der Waals surface area contributed by atoms with Gasteiger partial charge in [-0.25, -0.2) is 14.0 Å². The summed E-state index contributed by atoms with van der Waals surface area (Å²) in [7, 11) is 1.41. The number of imide groups is 1. The van der Waals surface area contributed by atoms with Gasteiger partial charge in [-0.2, -0.15) is 0 Å². The molecule has 5 N–H and O–H groups in total. The van der Waals surface area contributed by atoms with Gasteiger partial charge in [-0.15, -0.1) is 0 Å². The number of nitrogens with zero attached hydrogens (tertiary/aromatic N) is 2. The summed E-state index contributed by atoms with van der Waals surface area (Å²) in [6.45, 7) is -1.28. The minimum Gasteiger partial charge on any atom is -0.507 e. The number of nitrogens with one attached hydrogen (secondary N) is 3. The van der Waals surface area contributed by atoms with Crippen LogP contribution in [0.2, 0.25) is 0 Å². The van der Waals surface area contributed by atoms with Gasteiger partial charge in [-0.05, 0) is 43.0 Å². The van der Waals surface area contributed by atoms with Gasteiger partial charge in [-0.1, -0.05) is 6.07 Å². The number of phenolic OH excluding ortho intramolecular Hbond substituents is 1. The maximum atomic E-state index is 13.9. The van der Waals surface area contributed by atoms with E-state index >= 15 is 0 Å². The van der Waals surface area contributed by atoms with Gasteiger partial charge >= 0.3 is 12.1 Å². The van der Waals surface area contributed by atoms with Crippen LogP contribution < -0.4 is 20.7 Å². The van der Waals surface area contributed by atoms with E-state index in [4.69, 9.17) is 4.74 Å². The molecule has 3 aliphatic rings. The van der Waals surface area contributed by atoms with Crippen LogP contribution in [-0.2, 0) is 21.7 Å². The van der Waals surface area contributed by atoms with E-state index < -0.39 is 54.1 Å². The van der Waals surface area contributed by atoms with Crippen LogP contribution in [0.4, 0.5) is 19.7 Å². The summed E-state index contributed by atoms with van der Waals surface area (Å²) in [5, 5.41) is 28.1. The van der Waals surface area contributed by atoms with Gasteiger partial charge in [0.2, 0.25) is 5.91 Å². The SMILES string of the molecule is CNC(=O)Nc1ccc(C2(CO)NC(=O)N(CC(=O)N3Cc4cc(F)ccc4OC[C@H]3C3CC3)C2=O)c(O)c1. The molecular weight excluding hydrogens is 513 g/mol. The van der Waals surface area contributed by atoms with Gasteiger partial charge in [0.1, 0.15) is 30.5 Å². The monoisotopic (exact) mass is 541 g/mol. The van der Waals surface area contributed by atoms with Crippen molar-refractivity contribution >= 4 is 29.6 Å². The molecule has 12 nitrogen and oxygen atoms in total. The predicted octanol–water partition coefficient (Wildman–Crippen LogP) is 1.22. The molecule has 1 unspecified atom stereocenters. The summed E-state index contributed by atoms with van der Waals surface area (Å²) in [6.07, 6.45) is 1.78. The van der Waals surface area contributed by atoms with Crippen LogP contribution in [0.25, 0.3) is 0 Å². The summed E-state index contributed by atoms with van der Waals surface area (Å²) < 4.78 is 19.8. The molecule has 5 rings (SSSR count). The quantitative estimate of drug-likeness (QED) is 0.344. The van der Waals surface area contributed by atoms with Gasteiger partial charge in [0.05, 0.1) is 12.6 Å². The number of hydrogen-bond acceptors (Lipinski definition) is 7. The summed E-state index contributed by atoms with van der Waals surface area (Å²) in [5.41, 5.74) is -1.47. The smallest absolute Gasteiger partial charge is 0.325 e. The molecule has 0 bridgehead atoms. The van der Waals surface area contributed by atoms with Crippen LogP contribution in [-0.4, -0.2) is 76.7 Å². The molecule has 39 heavy (non-hydrogen) atoms. The van der Waals surface area contributed by atoms with Crippen molar-refractivity contribution in [2.24, 2.45) is 5.92 Å². The molecule has 13 heteroatoms. The molecule has 6 amide bonds. The molecule has 1 saturated carbocycles. The zero-order valence-corrected chi connectivity index (χ0v) is 21.1. The lowest BCUT2D eigenvalue weighted by Crippen LogP contribution is -2.50. The topological polar surface area (TPSA) is 161 Å². The Labute approximate surface area is 222 Å². The number of carbonyl (C=O) groups excluding carboxylic acids is 4. The lowest BCUT2D eigenvalue weighted by atomic mass is 9.89. The highest BCUT2D eigenvalue weighted by Gasteiger charge is 2.54. The molecule has 2 aromatic rings. The van der Waals surface area contributed by atoms with Crippen molar-refractivity contribution in [3.05, 3.63) is 53.3 Å². The van der Waals surface area contributed by atoms with Crippen molar-refractivity contribution in [3.8, 4) is 11.5 Å². The van der Waals surface area contributed by atoms with E-state index in [1.807, 2.05) is 0 Å². The van der Waals surface area contributed by atoms with E-state index in [9.17, 15) is 33.8 Å². The van der Waals surface area contributed by atoms with Gasteiger partial charge < -0.3 is 35.8 Å². The highest BCUT2D eigenvalue weighted by atomic mass is 19.1. The number of carbonyl (C=O) groups is 4. The molecule has 1 saturated heterocycles. The minimum absolute atomic E-state index is 0.0441. The summed E-state index contributed by atoms with van der Waals surface area (Å²) >= 11 is 0. The Morgan fingerprint density at radius 1 is 1.21 bits per heavy atom. The van der Waals surface area contributed by atoms with Crippen molar-refractivity contribution < 1.29 is 38.5 Å². The number of anilines is 1. The molecule has 2 atom stereocenters. The van der Waals surface area contributed by atoms with Gasteiger partial charge in [0.15, 0.2) is 5.54 Å². The minimum atomic E-state index is -2.04. The highest BCUT2D eigenvalue weighted by molar-refractivity contribution is 6.10. The van der Waals surface area contributed by atoms with Crippen molar-refractivity contribution in [2.45, 2.75) is 31.0 Å². The van der Waals surface area contributed by atoms with Crippen LogP contribution in [0.15, 0.2) is 36.4 Å². The summed E-state index contributed by atoms with van der Waals surface area (Å²) in [5.74, 6) is -1.75. The first-order valence-corrected chi connectivity index (χ1v) is 12.4. The maximum absolute atomic E-state index is 13.9. The van der Waals surface area contributed by atoms with Crippen molar-refractivity contribution in [1.29, 1.82) is 0 Å². The average molecular weight is 542 g/mol. The van der Waals surface area contributed by atoms with Crippen LogP contribution in [0.3, 0.4) is 0 Å². The highest BCUT2D eigenvalue weighted by Crippen LogP contribution is 2.40. The number of benzene rings is 2. The maximum Gasteiger partial charge on any atom is 0.325 e. The molecule has 2 aliphatic heterocycles.